The van der Waals surface area contributed by atoms with E-state index in [2.05, 4.69) is 35.8 Å². The van der Waals surface area contributed by atoms with E-state index in [0.29, 0.717) is 29.3 Å². The van der Waals surface area contributed by atoms with Crippen molar-refractivity contribution in [3.05, 3.63) is 33.0 Å². The molecule has 15 heteroatoms. The number of aromatic nitrogens is 3. The van der Waals surface area contributed by atoms with E-state index < -0.39 is 11.9 Å². The summed E-state index contributed by atoms with van der Waals surface area (Å²) in [6, 6.07) is -0.781. The minimum absolute atomic E-state index is 0. The number of hydrogen-bond acceptors (Lipinski definition) is 9. The van der Waals surface area contributed by atoms with Crippen LogP contribution in [0, 0.1) is 5.92 Å². The fourth-order valence-electron chi connectivity index (χ4n) is 4.51. The zero-order valence-electron chi connectivity index (χ0n) is 21.2. The number of likely N-dealkylation sites (N-methyl/N-ethyl adjacent to an activating group) is 1. The fraction of sp³-hybridized carbons (Fsp3) is 0.522. The molecule has 0 bridgehead atoms. The Morgan fingerprint density at radius 3 is 2.55 bits per heavy atom. The number of thiazole rings is 1. The van der Waals surface area contributed by atoms with Gasteiger partial charge < -0.3 is 20.4 Å². The number of thiocarbonyl (C=S) groups is 1. The monoisotopic (exact) mass is 600 g/mol. The number of anilines is 1. The lowest BCUT2D eigenvalue weighted by molar-refractivity contribution is -0.134. The van der Waals surface area contributed by atoms with Crippen molar-refractivity contribution in [2.45, 2.75) is 44.3 Å². The number of amides is 3. The van der Waals surface area contributed by atoms with Crippen molar-refractivity contribution in [3.63, 3.8) is 0 Å². The van der Waals surface area contributed by atoms with Gasteiger partial charge in [0.25, 0.3) is 11.8 Å². The van der Waals surface area contributed by atoms with Crippen LogP contribution in [0.1, 0.15) is 39.6 Å². The predicted octanol–water partition coefficient (Wildman–Crippen LogP) is 1.91. The Labute approximate surface area is 241 Å². The fourth-order valence-corrected chi connectivity index (χ4v) is 5.90. The third-order valence-corrected chi connectivity index (χ3v) is 8.02. The average molecular weight is 602 g/mol. The summed E-state index contributed by atoms with van der Waals surface area (Å²) in [5, 5.41) is 9.41. The molecule has 0 aromatic carbocycles. The SMILES string of the molecule is CN1CCc2nc(C(=O)N[C@@H]3C[C@@H](C(=O)N(C)C)CC[C@@H]3NC(=S)C(=O)Nc3ncc(Cl)cn3)sc2C1.Cl. The van der Waals surface area contributed by atoms with Gasteiger partial charge in [0.1, 0.15) is 0 Å². The van der Waals surface area contributed by atoms with E-state index in [1.54, 1.807) is 19.0 Å². The number of fused-ring (bicyclic) bond motifs is 1. The second kappa shape index (κ2) is 13.1. The molecule has 38 heavy (non-hydrogen) atoms. The molecule has 3 atom stereocenters. The quantitative estimate of drug-likeness (QED) is 0.440. The van der Waals surface area contributed by atoms with Crippen LogP contribution in [0.15, 0.2) is 12.4 Å². The number of nitrogens with one attached hydrogen (secondary N) is 3. The summed E-state index contributed by atoms with van der Waals surface area (Å²) in [6.45, 7) is 1.68. The van der Waals surface area contributed by atoms with Gasteiger partial charge in [-0.2, -0.15) is 0 Å². The van der Waals surface area contributed by atoms with Crippen molar-refractivity contribution < 1.29 is 14.4 Å². The molecule has 0 spiro atoms. The van der Waals surface area contributed by atoms with Crippen molar-refractivity contribution in [1.82, 2.24) is 35.4 Å². The molecule has 4 rings (SSSR count). The molecule has 1 aliphatic carbocycles. The standard InChI is InChI=1S/C23H29ClN8O3S2.ClH/c1-31(2)22(35)12-4-5-14(28-20(36)18(33)30-23-25-9-13(24)10-26-23)16(8-12)27-19(34)21-29-15-6-7-32(3)11-17(15)37-21;/h9-10,12,14,16H,4-8,11H2,1-3H3,(H,27,34)(H,28,36)(H,25,26,30,33);1H/t12-,14-,16+;/m0./s1. The van der Waals surface area contributed by atoms with Crippen molar-refractivity contribution in [2.24, 2.45) is 5.92 Å². The average Bonchev–Trinajstić information content (AvgIpc) is 3.29. The van der Waals surface area contributed by atoms with Crippen LogP contribution < -0.4 is 16.0 Å². The van der Waals surface area contributed by atoms with Gasteiger partial charge in [0.15, 0.2) is 10.00 Å². The topological polar surface area (TPSA) is 132 Å². The lowest BCUT2D eigenvalue weighted by atomic mass is 9.81. The Balaban J connectivity index is 0.00000400. The summed E-state index contributed by atoms with van der Waals surface area (Å²) in [6.07, 6.45) is 5.10. The van der Waals surface area contributed by atoms with Crippen molar-refractivity contribution >= 4 is 76.2 Å². The molecule has 0 saturated heterocycles. The molecule has 1 saturated carbocycles. The summed E-state index contributed by atoms with van der Waals surface area (Å²) in [4.78, 5) is 55.8. The highest BCUT2D eigenvalue weighted by atomic mass is 35.5. The van der Waals surface area contributed by atoms with Crippen LogP contribution in [0.4, 0.5) is 5.95 Å². The highest BCUT2D eigenvalue weighted by Gasteiger charge is 2.37. The molecule has 2 aromatic rings. The maximum atomic E-state index is 13.2. The van der Waals surface area contributed by atoms with Gasteiger partial charge in [-0.15, -0.1) is 23.7 Å². The molecule has 1 aliphatic heterocycles. The van der Waals surface area contributed by atoms with E-state index in [1.165, 1.54) is 23.7 Å². The number of hydrogen-bond donors (Lipinski definition) is 3. The maximum absolute atomic E-state index is 13.2. The van der Waals surface area contributed by atoms with E-state index in [0.717, 1.165) is 30.1 Å². The number of carbonyl (C=O) groups is 3. The Hall–Kier alpha value is -2.45. The smallest absolute Gasteiger partial charge is 0.285 e. The van der Waals surface area contributed by atoms with Gasteiger partial charge in [-0.25, -0.2) is 15.0 Å². The van der Waals surface area contributed by atoms with E-state index in [4.69, 9.17) is 23.8 Å². The lowest BCUT2D eigenvalue weighted by Crippen LogP contribution is -2.57. The normalized spacial score (nSPS) is 20.9. The van der Waals surface area contributed by atoms with E-state index in [-0.39, 0.29) is 47.1 Å². The zero-order chi connectivity index (χ0) is 26.7. The molecule has 2 aliphatic rings. The van der Waals surface area contributed by atoms with Crippen LogP contribution >= 0.6 is 47.6 Å². The first-order valence-corrected chi connectivity index (χ1v) is 13.5. The van der Waals surface area contributed by atoms with Crippen LogP contribution in [0.3, 0.4) is 0 Å². The van der Waals surface area contributed by atoms with Crippen LogP contribution in [0.25, 0.3) is 0 Å². The number of halogens is 2. The summed E-state index contributed by atoms with van der Waals surface area (Å²) in [5.74, 6) is -1.04. The number of nitrogens with zero attached hydrogens (tertiary/aromatic N) is 5. The summed E-state index contributed by atoms with van der Waals surface area (Å²) < 4.78 is 0. The highest BCUT2D eigenvalue weighted by molar-refractivity contribution is 7.82. The predicted molar refractivity (Wildman–Crippen MR) is 152 cm³/mol. The second-order valence-electron chi connectivity index (χ2n) is 9.46. The molecule has 2 aromatic heterocycles. The largest absolute Gasteiger partial charge is 0.367 e. The number of carbonyl (C=O) groups excluding carboxylic acids is 3. The molecule has 3 heterocycles. The summed E-state index contributed by atoms with van der Waals surface area (Å²) >= 11 is 12.5. The first-order chi connectivity index (χ1) is 17.6. The maximum Gasteiger partial charge on any atom is 0.285 e. The molecule has 11 nitrogen and oxygen atoms in total. The summed E-state index contributed by atoms with van der Waals surface area (Å²) in [5.41, 5.74) is 0.967. The van der Waals surface area contributed by atoms with E-state index >= 15 is 0 Å². The molecule has 0 radical (unpaired) electrons. The Kier molecular flexibility index (Phi) is 10.4. The Bertz CT molecular complexity index is 1190. The van der Waals surface area contributed by atoms with Crippen LogP contribution in [0.5, 0.6) is 0 Å². The van der Waals surface area contributed by atoms with Crippen LogP contribution in [0.2, 0.25) is 5.02 Å². The van der Waals surface area contributed by atoms with Gasteiger partial charge in [0.05, 0.1) is 29.2 Å². The minimum atomic E-state index is -0.578. The van der Waals surface area contributed by atoms with Gasteiger partial charge in [0.2, 0.25) is 11.9 Å². The van der Waals surface area contributed by atoms with Gasteiger partial charge in [-0.3, -0.25) is 19.7 Å². The number of rotatable bonds is 5. The molecule has 3 N–H and O–H groups in total. The molecular weight excluding hydrogens is 571 g/mol. The molecule has 0 unspecified atom stereocenters. The van der Waals surface area contributed by atoms with E-state index in [1.807, 2.05) is 7.05 Å². The lowest BCUT2D eigenvalue weighted by Gasteiger charge is -2.37. The highest BCUT2D eigenvalue weighted by Crippen LogP contribution is 2.28. The van der Waals surface area contributed by atoms with Gasteiger partial charge in [-0.05, 0) is 26.3 Å². The second-order valence-corrected chi connectivity index (χ2v) is 11.4. The minimum Gasteiger partial charge on any atom is -0.367 e. The Morgan fingerprint density at radius 1 is 1.16 bits per heavy atom. The first-order valence-electron chi connectivity index (χ1n) is 11.9. The third-order valence-electron chi connectivity index (χ3n) is 6.44. The summed E-state index contributed by atoms with van der Waals surface area (Å²) in [7, 11) is 5.48. The van der Waals surface area contributed by atoms with Gasteiger partial charge in [-0.1, -0.05) is 23.8 Å². The third kappa shape index (κ3) is 7.35. The van der Waals surface area contributed by atoms with Crippen molar-refractivity contribution in [3.8, 4) is 0 Å². The first kappa shape index (κ1) is 30.1. The Morgan fingerprint density at radius 2 is 1.87 bits per heavy atom. The molecular formula is C23H30Cl2N8O3S2. The van der Waals surface area contributed by atoms with Crippen molar-refractivity contribution in [2.75, 3.05) is 33.0 Å². The molecule has 1 fully saturated rings. The van der Waals surface area contributed by atoms with Gasteiger partial charge >= 0.3 is 0 Å². The van der Waals surface area contributed by atoms with Crippen LogP contribution in [-0.4, -0.2) is 87.2 Å². The van der Waals surface area contributed by atoms with Gasteiger partial charge in [0, 0.05) is 50.4 Å². The molecule has 206 valence electrons. The van der Waals surface area contributed by atoms with Crippen LogP contribution in [-0.2, 0) is 22.6 Å². The zero-order valence-corrected chi connectivity index (χ0v) is 24.4. The molecule has 3 amide bonds. The van der Waals surface area contributed by atoms with Crippen molar-refractivity contribution in [1.29, 1.82) is 0 Å². The van der Waals surface area contributed by atoms with E-state index in [9.17, 15) is 14.4 Å².